The van der Waals surface area contributed by atoms with Gasteiger partial charge in [0.25, 0.3) is 0 Å². The van der Waals surface area contributed by atoms with Gasteiger partial charge >= 0.3 is 0 Å². The molecule has 5 heteroatoms. The summed E-state index contributed by atoms with van der Waals surface area (Å²) in [6, 6.07) is 18.9. The first-order valence-corrected chi connectivity index (χ1v) is 9.13. The first kappa shape index (κ1) is 16.8. The zero-order valence-corrected chi connectivity index (χ0v) is 15.1. The number of rotatable bonds is 3. The standard InChI is InChI=1S/C21H19ClN4/c22-19-8-4-7-18-20(19)25-13-16(12-23)21(18)26-10-9-24-17(14-26)11-15-5-2-1-3-6-15/h1-8,13,17,24H,9-11,14H2. The molecular formula is C21H19ClN4. The van der Waals surface area contributed by atoms with Gasteiger partial charge in [-0.15, -0.1) is 0 Å². The number of anilines is 1. The van der Waals surface area contributed by atoms with Crippen molar-refractivity contribution in [3.8, 4) is 6.07 Å². The van der Waals surface area contributed by atoms with Crippen LogP contribution in [0.4, 0.5) is 5.69 Å². The third-order valence-corrected chi connectivity index (χ3v) is 5.14. The molecule has 1 saturated heterocycles. The Morgan fingerprint density at radius 3 is 2.85 bits per heavy atom. The number of fused-ring (bicyclic) bond motifs is 1. The van der Waals surface area contributed by atoms with E-state index in [9.17, 15) is 5.26 Å². The molecule has 0 bridgehead atoms. The lowest BCUT2D eigenvalue weighted by atomic mass is 10.0. The fourth-order valence-electron chi connectivity index (χ4n) is 3.66. The SMILES string of the molecule is N#Cc1cnc2c(Cl)cccc2c1N1CCNC(Cc2ccccc2)C1. The van der Waals surface area contributed by atoms with Crippen molar-refractivity contribution in [2.75, 3.05) is 24.5 Å². The van der Waals surface area contributed by atoms with Crippen LogP contribution in [0.2, 0.25) is 5.02 Å². The Bertz CT molecular complexity index is 965. The number of benzene rings is 2. The fourth-order valence-corrected chi connectivity index (χ4v) is 3.88. The Morgan fingerprint density at radius 2 is 2.04 bits per heavy atom. The van der Waals surface area contributed by atoms with Crippen LogP contribution in [0, 0.1) is 11.3 Å². The van der Waals surface area contributed by atoms with Gasteiger partial charge in [-0.05, 0) is 18.1 Å². The molecule has 1 aromatic heterocycles. The van der Waals surface area contributed by atoms with Crippen molar-refractivity contribution in [2.45, 2.75) is 12.5 Å². The Morgan fingerprint density at radius 1 is 1.19 bits per heavy atom. The van der Waals surface area contributed by atoms with Gasteiger partial charge in [-0.1, -0.05) is 54.1 Å². The lowest BCUT2D eigenvalue weighted by Gasteiger charge is -2.36. The van der Waals surface area contributed by atoms with Gasteiger partial charge in [-0.25, -0.2) is 0 Å². The molecule has 1 atom stereocenters. The van der Waals surface area contributed by atoms with Crippen LogP contribution in [0.1, 0.15) is 11.1 Å². The van der Waals surface area contributed by atoms with Crippen LogP contribution in [0.5, 0.6) is 0 Å². The molecule has 1 aliphatic heterocycles. The molecule has 1 fully saturated rings. The highest BCUT2D eigenvalue weighted by atomic mass is 35.5. The van der Waals surface area contributed by atoms with Crippen LogP contribution in [0.15, 0.2) is 54.7 Å². The fraction of sp³-hybridized carbons (Fsp3) is 0.238. The van der Waals surface area contributed by atoms with Gasteiger partial charge in [0, 0.05) is 37.3 Å². The minimum Gasteiger partial charge on any atom is -0.367 e. The smallest absolute Gasteiger partial charge is 0.103 e. The Kier molecular flexibility index (Phi) is 4.75. The van der Waals surface area contributed by atoms with Crippen molar-refractivity contribution in [1.29, 1.82) is 5.26 Å². The van der Waals surface area contributed by atoms with Crippen molar-refractivity contribution in [3.05, 3.63) is 70.9 Å². The maximum Gasteiger partial charge on any atom is 0.103 e. The summed E-state index contributed by atoms with van der Waals surface area (Å²) in [4.78, 5) is 6.69. The summed E-state index contributed by atoms with van der Waals surface area (Å²) in [5, 5.41) is 14.8. The van der Waals surface area contributed by atoms with Crippen molar-refractivity contribution in [1.82, 2.24) is 10.3 Å². The summed E-state index contributed by atoms with van der Waals surface area (Å²) in [5.41, 5.74) is 3.61. The zero-order chi connectivity index (χ0) is 17.9. The number of nitriles is 1. The van der Waals surface area contributed by atoms with Gasteiger partial charge in [-0.2, -0.15) is 5.26 Å². The summed E-state index contributed by atoms with van der Waals surface area (Å²) in [5.74, 6) is 0. The largest absolute Gasteiger partial charge is 0.367 e. The number of piperazine rings is 1. The van der Waals surface area contributed by atoms with E-state index in [0.717, 1.165) is 42.6 Å². The van der Waals surface area contributed by atoms with Crippen LogP contribution in [0.3, 0.4) is 0 Å². The second kappa shape index (κ2) is 7.33. The first-order valence-electron chi connectivity index (χ1n) is 8.76. The molecular weight excluding hydrogens is 344 g/mol. The summed E-state index contributed by atoms with van der Waals surface area (Å²) in [7, 11) is 0. The lowest BCUT2D eigenvalue weighted by Crippen LogP contribution is -2.52. The van der Waals surface area contributed by atoms with Gasteiger partial charge in [0.15, 0.2) is 0 Å². The molecule has 130 valence electrons. The third kappa shape index (κ3) is 3.24. The van der Waals surface area contributed by atoms with Crippen LogP contribution >= 0.6 is 11.6 Å². The summed E-state index contributed by atoms with van der Waals surface area (Å²) >= 11 is 6.32. The van der Waals surface area contributed by atoms with E-state index in [1.54, 1.807) is 6.20 Å². The number of hydrogen-bond acceptors (Lipinski definition) is 4. The monoisotopic (exact) mass is 362 g/mol. The summed E-state index contributed by atoms with van der Waals surface area (Å²) in [6.07, 6.45) is 2.60. The Labute approximate surface area is 158 Å². The molecule has 0 saturated carbocycles. The lowest BCUT2D eigenvalue weighted by molar-refractivity contribution is 0.455. The molecule has 0 aliphatic carbocycles. The van der Waals surface area contributed by atoms with E-state index in [2.05, 4.69) is 45.5 Å². The van der Waals surface area contributed by atoms with Crippen LogP contribution in [-0.4, -0.2) is 30.7 Å². The highest BCUT2D eigenvalue weighted by Gasteiger charge is 2.24. The highest BCUT2D eigenvalue weighted by Crippen LogP contribution is 2.33. The molecule has 26 heavy (non-hydrogen) atoms. The zero-order valence-electron chi connectivity index (χ0n) is 14.3. The molecule has 4 rings (SSSR count). The van der Waals surface area contributed by atoms with E-state index in [1.165, 1.54) is 5.56 Å². The minimum atomic E-state index is 0.333. The molecule has 1 unspecified atom stereocenters. The van der Waals surface area contributed by atoms with Crippen LogP contribution in [-0.2, 0) is 6.42 Å². The van der Waals surface area contributed by atoms with Gasteiger partial charge in [0.05, 0.1) is 21.8 Å². The minimum absolute atomic E-state index is 0.333. The molecule has 0 spiro atoms. The molecule has 2 heterocycles. The molecule has 0 radical (unpaired) electrons. The Balaban J connectivity index is 1.68. The van der Waals surface area contributed by atoms with Crippen molar-refractivity contribution >= 4 is 28.2 Å². The van der Waals surface area contributed by atoms with E-state index in [0.29, 0.717) is 16.6 Å². The number of para-hydroxylation sites is 1. The number of hydrogen-bond donors (Lipinski definition) is 1. The maximum absolute atomic E-state index is 9.61. The number of aromatic nitrogens is 1. The van der Waals surface area contributed by atoms with Gasteiger partial charge < -0.3 is 10.2 Å². The third-order valence-electron chi connectivity index (χ3n) is 4.84. The van der Waals surface area contributed by atoms with Crippen LogP contribution < -0.4 is 10.2 Å². The number of pyridine rings is 1. The molecule has 3 aromatic rings. The second-order valence-electron chi connectivity index (χ2n) is 6.56. The van der Waals surface area contributed by atoms with E-state index in [1.807, 2.05) is 24.3 Å². The molecule has 0 amide bonds. The maximum atomic E-state index is 9.61. The predicted octanol–water partition coefficient (Wildman–Crippen LogP) is 3.78. The number of nitrogens with one attached hydrogen (secondary N) is 1. The summed E-state index contributed by atoms with van der Waals surface area (Å²) < 4.78 is 0. The molecule has 4 nitrogen and oxygen atoms in total. The predicted molar refractivity (Wildman–Crippen MR) is 106 cm³/mol. The second-order valence-corrected chi connectivity index (χ2v) is 6.96. The molecule has 1 aliphatic rings. The van der Waals surface area contributed by atoms with Gasteiger partial charge in [-0.3, -0.25) is 4.98 Å². The Hall–Kier alpha value is -2.61. The molecule has 2 aromatic carbocycles. The highest BCUT2D eigenvalue weighted by molar-refractivity contribution is 6.35. The van der Waals surface area contributed by atoms with Crippen molar-refractivity contribution in [2.24, 2.45) is 0 Å². The van der Waals surface area contributed by atoms with Gasteiger partial charge in [0.2, 0.25) is 0 Å². The first-order chi connectivity index (χ1) is 12.8. The summed E-state index contributed by atoms with van der Waals surface area (Å²) in [6.45, 7) is 2.58. The van der Waals surface area contributed by atoms with E-state index >= 15 is 0 Å². The van der Waals surface area contributed by atoms with Crippen molar-refractivity contribution < 1.29 is 0 Å². The van der Waals surface area contributed by atoms with Gasteiger partial charge in [0.1, 0.15) is 6.07 Å². The molecule has 1 N–H and O–H groups in total. The quantitative estimate of drug-likeness (QED) is 0.770. The average Bonchev–Trinajstić information content (AvgIpc) is 2.68. The van der Waals surface area contributed by atoms with E-state index in [4.69, 9.17) is 11.6 Å². The van der Waals surface area contributed by atoms with Crippen molar-refractivity contribution in [3.63, 3.8) is 0 Å². The average molecular weight is 363 g/mol. The van der Waals surface area contributed by atoms with E-state index < -0.39 is 0 Å². The normalized spacial score (nSPS) is 17.2. The number of nitrogens with zero attached hydrogens (tertiary/aromatic N) is 3. The number of halogens is 1. The topological polar surface area (TPSA) is 52.0 Å². The van der Waals surface area contributed by atoms with E-state index in [-0.39, 0.29) is 0 Å². The van der Waals surface area contributed by atoms with Crippen LogP contribution in [0.25, 0.3) is 10.9 Å².